The number of fused-ring (bicyclic) bond motifs is 1. The van der Waals surface area contributed by atoms with Gasteiger partial charge in [0.2, 0.25) is 0 Å². The van der Waals surface area contributed by atoms with E-state index in [2.05, 4.69) is 20.9 Å². The zero-order chi connectivity index (χ0) is 18.1. The van der Waals surface area contributed by atoms with E-state index in [9.17, 15) is 14.4 Å². The molecule has 134 valence electrons. The zero-order valence-corrected chi connectivity index (χ0v) is 13.8. The van der Waals surface area contributed by atoms with Crippen molar-refractivity contribution >= 4 is 23.7 Å². The van der Waals surface area contributed by atoms with Gasteiger partial charge in [-0.3, -0.25) is 15.1 Å². The molecule has 0 saturated carbocycles. The fourth-order valence-corrected chi connectivity index (χ4v) is 3.12. The number of rotatable bonds is 2. The molecule has 5 amide bonds. The Hall–Kier alpha value is -3.36. The number of carbonyl (C=O) groups excluding carboxylic acids is 3. The minimum Gasteiger partial charge on any atom is -0.463 e. The summed E-state index contributed by atoms with van der Waals surface area (Å²) in [6, 6.07) is 3.81. The standard InChI is InChI=1S/C17H17N5O4/c23-15-14(20-16(24)21-15)13-8-10-3-6-22(7-4-12(10)26-13)17(25)19-11-2-1-5-18-9-11/h1-2,5,8-9,14H,3-4,6-7H2,(H,19,25)(H2,20,21,23,24). The number of hydrogen-bond acceptors (Lipinski definition) is 5. The van der Waals surface area contributed by atoms with Crippen LogP contribution in [0.1, 0.15) is 23.1 Å². The molecule has 0 bridgehead atoms. The maximum atomic E-state index is 12.4. The minimum atomic E-state index is -0.792. The van der Waals surface area contributed by atoms with E-state index in [4.69, 9.17) is 4.42 Å². The quantitative estimate of drug-likeness (QED) is 0.700. The predicted octanol–water partition coefficient (Wildman–Crippen LogP) is 1.19. The molecule has 1 fully saturated rings. The smallest absolute Gasteiger partial charge is 0.322 e. The van der Waals surface area contributed by atoms with E-state index in [0.29, 0.717) is 37.4 Å². The SMILES string of the molecule is O=C1NC(=O)C(c2cc3c(o2)CCN(C(=O)Nc2cccnc2)CC3)N1. The van der Waals surface area contributed by atoms with Crippen molar-refractivity contribution in [2.24, 2.45) is 0 Å². The van der Waals surface area contributed by atoms with Crippen LogP contribution in [-0.4, -0.2) is 40.9 Å². The zero-order valence-electron chi connectivity index (χ0n) is 13.8. The first-order valence-corrected chi connectivity index (χ1v) is 8.29. The topological polar surface area (TPSA) is 117 Å². The highest BCUT2D eigenvalue weighted by molar-refractivity contribution is 6.04. The van der Waals surface area contributed by atoms with Gasteiger partial charge in [-0.15, -0.1) is 0 Å². The molecular formula is C17H17N5O4. The van der Waals surface area contributed by atoms with Crippen molar-refractivity contribution in [3.8, 4) is 0 Å². The second-order valence-corrected chi connectivity index (χ2v) is 6.15. The summed E-state index contributed by atoms with van der Waals surface area (Å²) in [5, 5.41) is 7.53. The molecule has 0 aromatic carbocycles. The van der Waals surface area contributed by atoms with E-state index < -0.39 is 18.0 Å². The molecule has 0 radical (unpaired) electrons. The van der Waals surface area contributed by atoms with E-state index in [1.54, 1.807) is 35.5 Å². The summed E-state index contributed by atoms with van der Waals surface area (Å²) in [5.41, 5.74) is 1.59. The van der Waals surface area contributed by atoms with Gasteiger partial charge in [0.1, 0.15) is 11.5 Å². The average molecular weight is 355 g/mol. The molecule has 1 atom stereocenters. The summed E-state index contributed by atoms with van der Waals surface area (Å²) in [6.07, 6.45) is 4.39. The number of carbonyl (C=O) groups is 3. The average Bonchev–Trinajstić information content (AvgIpc) is 3.12. The van der Waals surface area contributed by atoms with Crippen molar-refractivity contribution in [1.29, 1.82) is 0 Å². The third-order valence-electron chi connectivity index (χ3n) is 4.43. The van der Waals surface area contributed by atoms with Gasteiger partial charge in [-0.1, -0.05) is 0 Å². The van der Waals surface area contributed by atoms with E-state index in [-0.39, 0.29) is 6.03 Å². The van der Waals surface area contributed by atoms with E-state index in [1.165, 1.54) is 0 Å². The number of aromatic nitrogens is 1. The molecule has 3 N–H and O–H groups in total. The number of anilines is 1. The normalized spacial score (nSPS) is 19.4. The highest BCUT2D eigenvalue weighted by Crippen LogP contribution is 2.26. The lowest BCUT2D eigenvalue weighted by atomic mass is 10.1. The fraction of sp³-hybridized carbons (Fsp3) is 0.294. The molecule has 4 rings (SSSR count). The van der Waals surface area contributed by atoms with Crippen molar-refractivity contribution in [3.05, 3.63) is 47.7 Å². The van der Waals surface area contributed by atoms with Crippen molar-refractivity contribution < 1.29 is 18.8 Å². The van der Waals surface area contributed by atoms with Crippen LogP contribution in [0.5, 0.6) is 0 Å². The number of pyridine rings is 1. The summed E-state index contributed by atoms with van der Waals surface area (Å²) in [5.74, 6) is 0.744. The van der Waals surface area contributed by atoms with E-state index in [1.807, 2.05) is 0 Å². The molecule has 2 aromatic heterocycles. The molecule has 2 aliphatic heterocycles. The molecule has 1 saturated heterocycles. The minimum absolute atomic E-state index is 0.189. The van der Waals surface area contributed by atoms with Crippen LogP contribution < -0.4 is 16.0 Å². The third-order valence-corrected chi connectivity index (χ3v) is 4.43. The molecule has 0 aliphatic carbocycles. The van der Waals surface area contributed by atoms with E-state index >= 15 is 0 Å². The maximum Gasteiger partial charge on any atom is 0.322 e. The Morgan fingerprint density at radius 3 is 2.88 bits per heavy atom. The Morgan fingerprint density at radius 2 is 2.15 bits per heavy atom. The van der Waals surface area contributed by atoms with Crippen LogP contribution in [0.4, 0.5) is 15.3 Å². The molecule has 4 heterocycles. The second-order valence-electron chi connectivity index (χ2n) is 6.15. The number of furan rings is 1. The monoisotopic (exact) mass is 355 g/mol. The maximum absolute atomic E-state index is 12.4. The van der Waals surface area contributed by atoms with Gasteiger partial charge in [-0.05, 0) is 30.2 Å². The van der Waals surface area contributed by atoms with Crippen LogP contribution in [-0.2, 0) is 17.6 Å². The van der Waals surface area contributed by atoms with Gasteiger partial charge in [0.05, 0.1) is 11.9 Å². The van der Waals surface area contributed by atoms with Gasteiger partial charge in [0.15, 0.2) is 6.04 Å². The largest absolute Gasteiger partial charge is 0.463 e. The second kappa shape index (κ2) is 6.51. The molecular weight excluding hydrogens is 338 g/mol. The Balaban J connectivity index is 1.42. The molecule has 2 aliphatic rings. The Kier molecular flexibility index (Phi) is 4.04. The summed E-state index contributed by atoms with van der Waals surface area (Å²) < 4.78 is 5.79. The predicted molar refractivity (Wildman–Crippen MR) is 90.4 cm³/mol. The van der Waals surface area contributed by atoms with Crippen LogP contribution in [0.3, 0.4) is 0 Å². The van der Waals surface area contributed by atoms with Crippen LogP contribution in [0.2, 0.25) is 0 Å². The molecule has 0 spiro atoms. The number of nitrogens with zero attached hydrogens (tertiary/aromatic N) is 2. The summed E-state index contributed by atoms with van der Waals surface area (Å²) in [4.78, 5) is 41.1. The van der Waals surface area contributed by atoms with Crippen molar-refractivity contribution in [2.75, 3.05) is 18.4 Å². The first-order chi connectivity index (χ1) is 12.6. The number of amides is 5. The molecule has 26 heavy (non-hydrogen) atoms. The van der Waals surface area contributed by atoms with Gasteiger partial charge in [-0.25, -0.2) is 9.59 Å². The molecule has 2 aromatic rings. The van der Waals surface area contributed by atoms with Gasteiger partial charge < -0.3 is 20.0 Å². The Morgan fingerprint density at radius 1 is 1.31 bits per heavy atom. The van der Waals surface area contributed by atoms with Crippen molar-refractivity contribution in [1.82, 2.24) is 20.5 Å². The number of imide groups is 1. The highest BCUT2D eigenvalue weighted by atomic mass is 16.3. The fourth-order valence-electron chi connectivity index (χ4n) is 3.12. The number of hydrogen-bond donors (Lipinski definition) is 3. The summed E-state index contributed by atoms with van der Waals surface area (Å²) in [6.45, 7) is 1.02. The summed E-state index contributed by atoms with van der Waals surface area (Å²) in [7, 11) is 0. The van der Waals surface area contributed by atoms with Gasteiger partial charge in [0.25, 0.3) is 5.91 Å². The van der Waals surface area contributed by atoms with Crippen LogP contribution in [0.15, 0.2) is 35.0 Å². The molecule has 9 heteroatoms. The lowest BCUT2D eigenvalue weighted by molar-refractivity contribution is -0.120. The van der Waals surface area contributed by atoms with Gasteiger partial charge >= 0.3 is 12.1 Å². The lowest BCUT2D eigenvalue weighted by Crippen LogP contribution is -2.36. The Labute approximate surface area is 148 Å². The lowest BCUT2D eigenvalue weighted by Gasteiger charge is -2.20. The van der Waals surface area contributed by atoms with Crippen molar-refractivity contribution in [2.45, 2.75) is 18.9 Å². The van der Waals surface area contributed by atoms with E-state index in [0.717, 1.165) is 11.3 Å². The van der Waals surface area contributed by atoms with Gasteiger partial charge in [0, 0.05) is 25.7 Å². The van der Waals surface area contributed by atoms with Crippen LogP contribution in [0, 0.1) is 0 Å². The number of nitrogens with one attached hydrogen (secondary N) is 3. The van der Waals surface area contributed by atoms with Crippen LogP contribution >= 0.6 is 0 Å². The van der Waals surface area contributed by atoms with Gasteiger partial charge in [-0.2, -0.15) is 0 Å². The highest BCUT2D eigenvalue weighted by Gasteiger charge is 2.34. The third kappa shape index (κ3) is 3.10. The number of urea groups is 2. The Bertz CT molecular complexity index is 838. The summed E-state index contributed by atoms with van der Waals surface area (Å²) >= 11 is 0. The molecule has 1 unspecified atom stereocenters. The van der Waals surface area contributed by atoms with Crippen molar-refractivity contribution in [3.63, 3.8) is 0 Å². The molecule has 9 nitrogen and oxygen atoms in total. The van der Waals surface area contributed by atoms with Crippen LogP contribution in [0.25, 0.3) is 0 Å². The first kappa shape index (κ1) is 16.1. The first-order valence-electron chi connectivity index (χ1n) is 8.29.